The number of hydrogen-bond donors (Lipinski definition) is 1. The summed E-state index contributed by atoms with van der Waals surface area (Å²) >= 11 is 0. The van der Waals surface area contributed by atoms with Gasteiger partial charge >= 0.3 is 0 Å². The second kappa shape index (κ2) is 4.93. The van der Waals surface area contributed by atoms with Crippen molar-refractivity contribution in [3.05, 3.63) is 30.1 Å². The monoisotopic (exact) mass is 259 g/mol. The quantitative estimate of drug-likeness (QED) is 0.893. The maximum absolute atomic E-state index is 12.6. The zero-order valence-electron chi connectivity index (χ0n) is 11.3. The molecule has 2 saturated carbocycles. The van der Waals surface area contributed by atoms with Crippen LogP contribution in [0.2, 0.25) is 0 Å². The Kier molecular flexibility index (Phi) is 3.27. The number of carbonyl (C=O) groups excluding carboxylic acids is 1. The number of rotatable bonds is 3. The largest absolute Gasteiger partial charge is 0.341 e. The van der Waals surface area contributed by atoms with Crippen molar-refractivity contribution in [2.75, 3.05) is 7.05 Å². The first kappa shape index (κ1) is 12.6. The molecule has 2 fully saturated rings. The predicted molar refractivity (Wildman–Crippen MR) is 73.0 cm³/mol. The van der Waals surface area contributed by atoms with E-state index in [4.69, 9.17) is 5.73 Å². The van der Waals surface area contributed by atoms with Crippen molar-refractivity contribution in [2.45, 2.75) is 31.8 Å². The Balaban J connectivity index is 1.67. The molecule has 0 saturated heterocycles. The maximum atomic E-state index is 12.6. The standard InChI is InChI=1S/C15H21N3O/c1-18(9-10-4-6-17-7-5-10)15(19)13-11-2-3-12(8-11)14(13)16/h4-7,11-14H,2-3,8-9,16H2,1H3. The van der Waals surface area contributed by atoms with Crippen LogP contribution in [0, 0.1) is 17.8 Å². The normalized spacial score (nSPS) is 32.5. The van der Waals surface area contributed by atoms with Gasteiger partial charge in [-0.1, -0.05) is 0 Å². The predicted octanol–water partition coefficient (Wildman–Crippen LogP) is 1.41. The van der Waals surface area contributed by atoms with Crippen LogP contribution in [0.4, 0.5) is 0 Å². The fraction of sp³-hybridized carbons (Fsp3) is 0.600. The molecule has 2 aliphatic rings. The number of aromatic nitrogens is 1. The molecule has 1 amide bonds. The molecule has 4 heteroatoms. The van der Waals surface area contributed by atoms with Gasteiger partial charge in [-0.25, -0.2) is 0 Å². The molecule has 0 radical (unpaired) electrons. The highest BCUT2D eigenvalue weighted by molar-refractivity contribution is 5.80. The van der Waals surface area contributed by atoms with Gasteiger partial charge in [-0.3, -0.25) is 9.78 Å². The lowest BCUT2D eigenvalue weighted by atomic mass is 9.84. The lowest BCUT2D eigenvalue weighted by Gasteiger charge is -2.30. The molecule has 1 aromatic rings. The minimum absolute atomic E-state index is 0.0468. The number of amides is 1. The zero-order chi connectivity index (χ0) is 13.4. The van der Waals surface area contributed by atoms with Gasteiger partial charge in [0.15, 0.2) is 0 Å². The van der Waals surface area contributed by atoms with E-state index in [1.165, 1.54) is 12.8 Å². The van der Waals surface area contributed by atoms with Crippen LogP contribution in [0.25, 0.3) is 0 Å². The molecular weight excluding hydrogens is 238 g/mol. The van der Waals surface area contributed by atoms with Gasteiger partial charge in [0, 0.05) is 32.0 Å². The molecule has 0 spiro atoms. The van der Waals surface area contributed by atoms with Gasteiger partial charge in [-0.15, -0.1) is 0 Å². The third-order valence-corrected chi connectivity index (χ3v) is 4.81. The summed E-state index contributed by atoms with van der Waals surface area (Å²) < 4.78 is 0. The maximum Gasteiger partial charge on any atom is 0.227 e. The smallest absolute Gasteiger partial charge is 0.227 e. The summed E-state index contributed by atoms with van der Waals surface area (Å²) in [6, 6.07) is 3.97. The molecule has 1 heterocycles. The Morgan fingerprint density at radius 1 is 1.37 bits per heavy atom. The Labute approximate surface area is 114 Å². The van der Waals surface area contributed by atoms with Crippen LogP contribution in [0.15, 0.2) is 24.5 Å². The molecule has 0 aliphatic heterocycles. The summed E-state index contributed by atoms with van der Waals surface area (Å²) in [5, 5.41) is 0. The third kappa shape index (κ3) is 2.25. The Morgan fingerprint density at radius 3 is 2.68 bits per heavy atom. The average Bonchev–Trinajstić information content (AvgIpc) is 3.00. The molecule has 3 rings (SSSR count). The van der Waals surface area contributed by atoms with E-state index in [2.05, 4.69) is 4.98 Å². The van der Waals surface area contributed by atoms with Crippen molar-refractivity contribution < 1.29 is 4.79 Å². The van der Waals surface area contributed by atoms with Crippen LogP contribution in [0.3, 0.4) is 0 Å². The molecule has 0 aromatic carbocycles. The van der Waals surface area contributed by atoms with Gasteiger partial charge in [0.1, 0.15) is 0 Å². The van der Waals surface area contributed by atoms with Gasteiger partial charge in [0.05, 0.1) is 5.92 Å². The highest BCUT2D eigenvalue weighted by atomic mass is 16.2. The first-order chi connectivity index (χ1) is 9.16. The van der Waals surface area contributed by atoms with Crippen molar-refractivity contribution in [1.29, 1.82) is 0 Å². The highest BCUT2D eigenvalue weighted by Gasteiger charge is 2.49. The molecule has 2 N–H and O–H groups in total. The fourth-order valence-corrected chi connectivity index (χ4v) is 3.80. The molecule has 102 valence electrons. The van der Waals surface area contributed by atoms with Crippen molar-refractivity contribution >= 4 is 5.91 Å². The van der Waals surface area contributed by atoms with Crippen molar-refractivity contribution in [1.82, 2.24) is 9.88 Å². The van der Waals surface area contributed by atoms with E-state index in [1.54, 1.807) is 12.4 Å². The summed E-state index contributed by atoms with van der Waals surface area (Å²) in [4.78, 5) is 18.4. The van der Waals surface area contributed by atoms with Crippen LogP contribution < -0.4 is 5.73 Å². The Hall–Kier alpha value is -1.42. The van der Waals surface area contributed by atoms with E-state index in [9.17, 15) is 4.79 Å². The number of hydrogen-bond acceptors (Lipinski definition) is 3. The van der Waals surface area contributed by atoms with Gasteiger partial charge in [0.25, 0.3) is 0 Å². The number of nitrogens with two attached hydrogens (primary N) is 1. The number of fused-ring (bicyclic) bond motifs is 2. The highest BCUT2D eigenvalue weighted by Crippen LogP contribution is 2.48. The van der Waals surface area contributed by atoms with Crippen LogP contribution in [0.5, 0.6) is 0 Å². The van der Waals surface area contributed by atoms with Gasteiger partial charge < -0.3 is 10.6 Å². The van der Waals surface area contributed by atoms with E-state index in [1.807, 2.05) is 24.1 Å². The van der Waals surface area contributed by atoms with Crippen LogP contribution in [-0.2, 0) is 11.3 Å². The molecule has 2 bridgehead atoms. The summed E-state index contributed by atoms with van der Waals surface area (Å²) in [6.07, 6.45) is 7.07. The van der Waals surface area contributed by atoms with E-state index in [-0.39, 0.29) is 17.9 Å². The molecule has 4 atom stereocenters. The van der Waals surface area contributed by atoms with Crippen LogP contribution in [-0.4, -0.2) is 28.9 Å². The summed E-state index contributed by atoms with van der Waals surface area (Å²) in [5.74, 6) is 1.36. The molecule has 2 aliphatic carbocycles. The number of nitrogens with zero attached hydrogens (tertiary/aromatic N) is 2. The van der Waals surface area contributed by atoms with Crippen molar-refractivity contribution in [3.8, 4) is 0 Å². The number of pyridine rings is 1. The molecule has 1 aromatic heterocycles. The van der Waals surface area contributed by atoms with E-state index < -0.39 is 0 Å². The SMILES string of the molecule is CN(Cc1ccncc1)C(=O)C1C2CCC(C2)C1N. The summed E-state index contributed by atoms with van der Waals surface area (Å²) in [7, 11) is 1.88. The Morgan fingerprint density at radius 2 is 2.05 bits per heavy atom. The molecular formula is C15H21N3O. The minimum atomic E-state index is 0.0468. The van der Waals surface area contributed by atoms with Crippen LogP contribution in [0.1, 0.15) is 24.8 Å². The summed E-state index contributed by atoms with van der Waals surface area (Å²) in [6.45, 7) is 0.641. The lowest BCUT2D eigenvalue weighted by Crippen LogP contribution is -2.45. The second-order valence-corrected chi connectivity index (χ2v) is 5.99. The second-order valence-electron chi connectivity index (χ2n) is 5.99. The minimum Gasteiger partial charge on any atom is -0.341 e. The first-order valence-electron chi connectivity index (χ1n) is 7.06. The van der Waals surface area contributed by atoms with E-state index >= 15 is 0 Å². The molecule has 19 heavy (non-hydrogen) atoms. The topological polar surface area (TPSA) is 59.2 Å². The first-order valence-corrected chi connectivity index (χ1v) is 7.06. The Bertz CT molecular complexity index is 460. The van der Waals surface area contributed by atoms with Gasteiger partial charge in [-0.05, 0) is 48.8 Å². The average molecular weight is 259 g/mol. The zero-order valence-corrected chi connectivity index (χ0v) is 11.3. The van der Waals surface area contributed by atoms with Crippen molar-refractivity contribution in [3.63, 3.8) is 0 Å². The van der Waals surface area contributed by atoms with Gasteiger partial charge in [0.2, 0.25) is 5.91 Å². The molecule has 4 nitrogen and oxygen atoms in total. The van der Waals surface area contributed by atoms with E-state index in [0.717, 1.165) is 12.0 Å². The van der Waals surface area contributed by atoms with Crippen molar-refractivity contribution in [2.24, 2.45) is 23.5 Å². The third-order valence-electron chi connectivity index (χ3n) is 4.81. The van der Waals surface area contributed by atoms with Crippen LogP contribution >= 0.6 is 0 Å². The summed E-state index contributed by atoms with van der Waals surface area (Å²) in [5.41, 5.74) is 7.35. The number of carbonyl (C=O) groups is 1. The lowest BCUT2D eigenvalue weighted by molar-refractivity contribution is -0.137. The van der Waals surface area contributed by atoms with Gasteiger partial charge in [-0.2, -0.15) is 0 Å². The fourth-order valence-electron chi connectivity index (χ4n) is 3.80. The van der Waals surface area contributed by atoms with E-state index in [0.29, 0.717) is 18.4 Å². The molecule has 4 unspecified atom stereocenters.